The van der Waals surface area contributed by atoms with Crippen molar-refractivity contribution in [2.24, 2.45) is 0 Å². The molecule has 5 heteroatoms. The summed E-state index contributed by atoms with van der Waals surface area (Å²) in [4.78, 5) is 38.5. The first-order chi connectivity index (χ1) is 7.11. The summed E-state index contributed by atoms with van der Waals surface area (Å²) in [5, 5.41) is 0.542. The summed E-state index contributed by atoms with van der Waals surface area (Å²) in [6.45, 7) is 1.15. The van der Waals surface area contributed by atoms with Gasteiger partial charge in [-0.25, -0.2) is 4.79 Å². The summed E-state index contributed by atoms with van der Waals surface area (Å²) in [5.74, 6) is -1.71. The van der Waals surface area contributed by atoms with E-state index in [0.717, 1.165) is 6.92 Å². The minimum Gasteiger partial charge on any atom is -0.330 e. The molecule has 0 saturated carbocycles. The molecule has 0 radical (unpaired) electrons. The molecule has 2 amide bonds. The SMILES string of the molecule is CC(=O)ON1C(=O)C2=C(CC=CC2)C1=O. The molecule has 78 valence electrons. The first-order valence-electron chi connectivity index (χ1n) is 4.55. The van der Waals surface area contributed by atoms with Crippen LogP contribution in [0.4, 0.5) is 0 Å². The van der Waals surface area contributed by atoms with Gasteiger partial charge in [0, 0.05) is 18.1 Å². The van der Waals surface area contributed by atoms with Crippen LogP contribution in [-0.2, 0) is 19.2 Å². The normalized spacial score (nSPS) is 19.7. The average Bonchev–Trinajstić information content (AvgIpc) is 2.44. The maximum Gasteiger partial charge on any atom is 0.330 e. The highest BCUT2D eigenvalue weighted by Crippen LogP contribution is 2.29. The molecule has 1 heterocycles. The summed E-state index contributed by atoms with van der Waals surface area (Å²) in [5.41, 5.74) is 0.868. The van der Waals surface area contributed by atoms with E-state index in [4.69, 9.17) is 0 Å². The third kappa shape index (κ3) is 1.45. The van der Waals surface area contributed by atoms with Crippen LogP contribution in [0.15, 0.2) is 23.3 Å². The van der Waals surface area contributed by atoms with Crippen LogP contribution in [0, 0.1) is 0 Å². The second kappa shape index (κ2) is 3.34. The van der Waals surface area contributed by atoms with Crippen molar-refractivity contribution in [2.45, 2.75) is 19.8 Å². The number of allylic oxidation sites excluding steroid dienone is 2. The van der Waals surface area contributed by atoms with E-state index in [1.54, 1.807) is 0 Å². The van der Waals surface area contributed by atoms with Gasteiger partial charge >= 0.3 is 5.97 Å². The topological polar surface area (TPSA) is 63.7 Å². The molecule has 1 aliphatic heterocycles. The summed E-state index contributed by atoms with van der Waals surface area (Å²) in [7, 11) is 0. The Morgan fingerprint density at radius 3 is 2.07 bits per heavy atom. The lowest BCUT2D eigenvalue weighted by Gasteiger charge is -2.11. The zero-order valence-electron chi connectivity index (χ0n) is 8.15. The van der Waals surface area contributed by atoms with Crippen molar-refractivity contribution in [3.63, 3.8) is 0 Å². The van der Waals surface area contributed by atoms with Crippen LogP contribution >= 0.6 is 0 Å². The van der Waals surface area contributed by atoms with E-state index in [1.807, 2.05) is 12.2 Å². The highest BCUT2D eigenvalue weighted by atomic mass is 16.7. The van der Waals surface area contributed by atoms with Crippen molar-refractivity contribution in [2.75, 3.05) is 0 Å². The fraction of sp³-hybridized carbons (Fsp3) is 0.300. The summed E-state index contributed by atoms with van der Waals surface area (Å²) < 4.78 is 0. The lowest BCUT2D eigenvalue weighted by molar-refractivity contribution is -0.195. The van der Waals surface area contributed by atoms with E-state index in [9.17, 15) is 14.4 Å². The monoisotopic (exact) mass is 207 g/mol. The molecule has 0 unspecified atom stereocenters. The Labute approximate surface area is 85.9 Å². The number of amides is 2. The molecule has 0 aromatic heterocycles. The molecule has 0 aromatic carbocycles. The molecule has 0 atom stereocenters. The van der Waals surface area contributed by atoms with Gasteiger partial charge in [0.15, 0.2) is 0 Å². The quantitative estimate of drug-likeness (QED) is 0.463. The molecule has 5 nitrogen and oxygen atoms in total. The van der Waals surface area contributed by atoms with Crippen molar-refractivity contribution in [1.29, 1.82) is 0 Å². The van der Waals surface area contributed by atoms with Crippen LogP contribution in [0.2, 0.25) is 0 Å². The van der Waals surface area contributed by atoms with Gasteiger partial charge in [-0.3, -0.25) is 9.59 Å². The number of carbonyl (C=O) groups excluding carboxylic acids is 3. The van der Waals surface area contributed by atoms with Gasteiger partial charge in [-0.05, 0) is 12.8 Å². The Hall–Kier alpha value is -1.91. The molecule has 2 rings (SSSR count). The highest BCUT2D eigenvalue weighted by Gasteiger charge is 2.40. The second-order valence-corrected chi connectivity index (χ2v) is 3.32. The minimum atomic E-state index is -0.676. The smallest absolute Gasteiger partial charge is 0.330 e. The van der Waals surface area contributed by atoms with E-state index in [0.29, 0.717) is 29.1 Å². The number of nitrogens with zero attached hydrogens (tertiary/aromatic N) is 1. The maximum atomic E-state index is 11.6. The predicted octanol–water partition coefficient (Wildman–Crippen LogP) is 0.480. The maximum absolute atomic E-state index is 11.6. The molecule has 2 aliphatic rings. The Morgan fingerprint density at radius 1 is 1.20 bits per heavy atom. The third-order valence-corrected chi connectivity index (χ3v) is 2.28. The molecule has 0 aromatic rings. The zero-order valence-corrected chi connectivity index (χ0v) is 8.15. The summed E-state index contributed by atoms with van der Waals surface area (Å²) in [6, 6.07) is 0. The summed E-state index contributed by atoms with van der Waals surface area (Å²) >= 11 is 0. The Bertz CT molecular complexity index is 389. The van der Waals surface area contributed by atoms with Gasteiger partial charge in [-0.1, -0.05) is 17.2 Å². The summed E-state index contributed by atoms with van der Waals surface area (Å²) in [6.07, 6.45) is 4.50. The fourth-order valence-electron chi connectivity index (χ4n) is 1.63. The molecule has 0 N–H and O–H groups in total. The number of carbonyl (C=O) groups is 3. The van der Waals surface area contributed by atoms with Crippen molar-refractivity contribution in [1.82, 2.24) is 5.06 Å². The first kappa shape index (κ1) is 9.64. The molecule has 1 aliphatic carbocycles. The van der Waals surface area contributed by atoms with Crippen LogP contribution in [0.1, 0.15) is 19.8 Å². The number of rotatable bonds is 1. The molecule has 15 heavy (non-hydrogen) atoms. The van der Waals surface area contributed by atoms with Crippen LogP contribution in [0.25, 0.3) is 0 Å². The molecule has 0 fully saturated rings. The standard InChI is InChI=1S/C10H9NO4/c1-6(12)15-11-9(13)7-4-2-3-5-8(7)10(11)14/h2-3H,4-5H2,1H3. The predicted molar refractivity (Wildman–Crippen MR) is 49.0 cm³/mol. The Balaban J connectivity index is 2.26. The van der Waals surface area contributed by atoms with E-state index in [-0.39, 0.29) is 0 Å². The highest BCUT2D eigenvalue weighted by molar-refractivity contribution is 6.19. The zero-order chi connectivity index (χ0) is 11.0. The van der Waals surface area contributed by atoms with E-state index in [1.165, 1.54) is 0 Å². The van der Waals surface area contributed by atoms with Crippen molar-refractivity contribution in [3.05, 3.63) is 23.3 Å². The molecular formula is C10H9NO4. The van der Waals surface area contributed by atoms with E-state index >= 15 is 0 Å². The van der Waals surface area contributed by atoms with Gasteiger partial charge < -0.3 is 4.84 Å². The Kier molecular flexibility index (Phi) is 2.15. The largest absolute Gasteiger partial charge is 0.330 e. The van der Waals surface area contributed by atoms with Gasteiger partial charge in [-0.2, -0.15) is 0 Å². The van der Waals surface area contributed by atoms with Crippen molar-refractivity contribution >= 4 is 17.8 Å². The van der Waals surface area contributed by atoms with Gasteiger partial charge in [0.1, 0.15) is 0 Å². The van der Waals surface area contributed by atoms with Gasteiger partial charge in [0.2, 0.25) is 0 Å². The van der Waals surface area contributed by atoms with Crippen molar-refractivity contribution in [3.8, 4) is 0 Å². The first-order valence-corrected chi connectivity index (χ1v) is 4.55. The van der Waals surface area contributed by atoms with Crippen molar-refractivity contribution < 1.29 is 19.2 Å². The minimum absolute atomic E-state index is 0.428. The van der Waals surface area contributed by atoms with Gasteiger partial charge in [-0.15, -0.1) is 0 Å². The number of hydrogen-bond donors (Lipinski definition) is 0. The molecule has 0 spiro atoms. The van der Waals surface area contributed by atoms with E-state index in [2.05, 4.69) is 4.84 Å². The molecule has 0 bridgehead atoms. The number of hydroxylamine groups is 2. The van der Waals surface area contributed by atoms with Crippen LogP contribution in [-0.4, -0.2) is 22.8 Å². The number of imide groups is 1. The van der Waals surface area contributed by atoms with Crippen LogP contribution in [0.3, 0.4) is 0 Å². The van der Waals surface area contributed by atoms with Crippen LogP contribution < -0.4 is 0 Å². The third-order valence-electron chi connectivity index (χ3n) is 2.28. The second-order valence-electron chi connectivity index (χ2n) is 3.32. The van der Waals surface area contributed by atoms with Gasteiger partial charge in [0.05, 0.1) is 0 Å². The molecular weight excluding hydrogens is 198 g/mol. The fourth-order valence-corrected chi connectivity index (χ4v) is 1.63. The lowest BCUT2D eigenvalue weighted by atomic mass is 9.99. The molecule has 0 saturated heterocycles. The Morgan fingerprint density at radius 2 is 1.67 bits per heavy atom. The van der Waals surface area contributed by atoms with Crippen LogP contribution in [0.5, 0.6) is 0 Å². The van der Waals surface area contributed by atoms with E-state index < -0.39 is 17.8 Å². The lowest BCUT2D eigenvalue weighted by Crippen LogP contribution is -2.33. The average molecular weight is 207 g/mol. The number of hydrogen-bond acceptors (Lipinski definition) is 4. The van der Waals surface area contributed by atoms with Gasteiger partial charge in [0.25, 0.3) is 11.8 Å².